The van der Waals surface area contributed by atoms with Gasteiger partial charge in [-0.15, -0.1) is 0 Å². The maximum absolute atomic E-state index is 11.5. The van der Waals surface area contributed by atoms with Crippen LogP contribution in [-0.4, -0.2) is 23.7 Å². The number of carbonyl (C=O) groups excluding carboxylic acids is 1. The van der Waals surface area contributed by atoms with Crippen molar-refractivity contribution in [3.8, 4) is 0 Å². The van der Waals surface area contributed by atoms with E-state index in [1.807, 2.05) is 0 Å². The van der Waals surface area contributed by atoms with Gasteiger partial charge in [0.1, 0.15) is 0 Å². The number of aliphatic hydroxyl groups excluding tert-OH is 1. The minimum Gasteiger partial charge on any atom is -0.392 e. The van der Waals surface area contributed by atoms with Crippen molar-refractivity contribution in [2.24, 2.45) is 5.92 Å². The lowest BCUT2D eigenvalue weighted by Crippen LogP contribution is -2.30. The van der Waals surface area contributed by atoms with Crippen molar-refractivity contribution < 1.29 is 9.90 Å². The maximum atomic E-state index is 11.5. The molecule has 0 aliphatic carbocycles. The smallest absolute Gasteiger partial charge is 0.220 e. The molecule has 0 saturated carbocycles. The fraction of sp³-hybridized carbons (Fsp3) is 0.952. The van der Waals surface area contributed by atoms with Crippen LogP contribution >= 0.6 is 0 Å². The Morgan fingerprint density at radius 2 is 1.17 bits per heavy atom. The van der Waals surface area contributed by atoms with Crippen molar-refractivity contribution >= 4 is 5.91 Å². The molecule has 2 N–H and O–H groups in total. The number of rotatable bonds is 17. The third-order valence-electron chi connectivity index (χ3n) is 4.53. The Labute approximate surface area is 151 Å². The van der Waals surface area contributed by atoms with Crippen molar-refractivity contribution in [1.82, 2.24) is 5.32 Å². The second-order valence-electron chi connectivity index (χ2n) is 7.83. The van der Waals surface area contributed by atoms with Crippen LogP contribution in [0.15, 0.2) is 0 Å². The topological polar surface area (TPSA) is 49.3 Å². The molecule has 0 radical (unpaired) electrons. The monoisotopic (exact) mass is 341 g/mol. The molecular weight excluding hydrogens is 298 g/mol. The Morgan fingerprint density at radius 1 is 0.750 bits per heavy atom. The number of hydrogen-bond donors (Lipinski definition) is 2. The van der Waals surface area contributed by atoms with Gasteiger partial charge in [-0.3, -0.25) is 4.79 Å². The number of unbranched alkanes of at least 4 members (excludes halogenated alkanes) is 11. The number of nitrogens with one attached hydrogen (secondary N) is 1. The fourth-order valence-electron chi connectivity index (χ4n) is 2.96. The van der Waals surface area contributed by atoms with Crippen molar-refractivity contribution in [3.05, 3.63) is 0 Å². The van der Waals surface area contributed by atoms with Crippen molar-refractivity contribution in [2.45, 2.75) is 117 Å². The Balaban J connectivity index is 3.11. The highest BCUT2D eigenvalue weighted by atomic mass is 16.3. The van der Waals surface area contributed by atoms with Crippen molar-refractivity contribution in [3.63, 3.8) is 0 Å². The second kappa shape index (κ2) is 17.3. The van der Waals surface area contributed by atoms with Gasteiger partial charge in [0.05, 0.1) is 6.10 Å². The summed E-state index contributed by atoms with van der Waals surface area (Å²) in [5.74, 6) is 0.938. The van der Waals surface area contributed by atoms with Crippen LogP contribution in [0.4, 0.5) is 0 Å². The van der Waals surface area contributed by atoms with Crippen molar-refractivity contribution in [2.75, 3.05) is 6.54 Å². The summed E-state index contributed by atoms with van der Waals surface area (Å²) in [6.07, 6.45) is 17.4. The predicted octanol–water partition coefficient (Wildman–Crippen LogP) is 5.60. The quantitative estimate of drug-likeness (QED) is 0.338. The molecule has 0 rings (SSSR count). The summed E-state index contributed by atoms with van der Waals surface area (Å²) in [6.45, 7) is 6.68. The highest BCUT2D eigenvalue weighted by Crippen LogP contribution is 2.14. The molecule has 0 fully saturated rings. The lowest BCUT2D eigenvalue weighted by molar-refractivity contribution is -0.121. The normalized spacial score (nSPS) is 12.5. The first-order chi connectivity index (χ1) is 11.5. The summed E-state index contributed by atoms with van der Waals surface area (Å²) >= 11 is 0. The Bertz CT molecular complexity index is 277. The molecule has 24 heavy (non-hydrogen) atoms. The van der Waals surface area contributed by atoms with E-state index >= 15 is 0 Å². The predicted molar refractivity (Wildman–Crippen MR) is 104 cm³/mol. The number of carbonyl (C=O) groups is 1. The van der Waals surface area contributed by atoms with E-state index in [1.165, 1.54) is 70.6 Å². The first-order valence-corrected chi connectivity index (χ1v) is 10.5. The van der Waals surface area contributed by atoms with Gasteiger partial charge in [0, 0.05) is 13.0 Å². The summed E-state index contributed by atoms with van der Waals surface area (Å²) in [5.41, 5.74) is 0. The zero-order valence-corrected chi connectivity index (χ0v) is 16.6. The molecule has 0 aromatic rings. The van der Waals surface area contributed by atoms with Gasteiger partial charge in [-0.2, -0.15) is 0 Å². The van der Waals surface area contributed by atoms with E-state index in [4.69, 9.17) is 5.11 Å². The lowest BCUT2D eigenvalue weighted by Gasteiger charge is -2.07. The molecule has 3 heteroatoms. The fourth-order valence-corrected chi connectivity index (χ4v) is 2.96. The maximum Gasteiger partial charge on any atom is 0.220 e. The standard InChI is InChI=1S/C21H43NO2/c1-19(2)16-14-12-10-8-6-4-5-7-9-11-13-15-17-21(24)22-18-20(3)23/h19-20,23H,4-18H2,1-3H3,(H,22,24). The Hall–Kier alpha value is -0.570. The molecular formula is C21H43NO2. The van der Waals surface area contributed by atoms with Gasteiger partial charge in [0.2, 0.25) is 5.91 Å². The molecule has 0 saturated heterocycles. The molecule has 0 aliphatic rings. The molecule has 0 aromatic heterocycles. The molecule has 0 aromatic carbocycles. The number of amides is 1. The molecule has 0 bridgehead atoms. The molecule has 1 unspecified atom stereocenters. The summed E-state index contributed by atoms with van der Waals surface area (Å²) in [7, 11) is 0. The van der Waals surface area contributed by atoms with Gasteiger partial charge in [0.15, 0.2) is 0 Å². The van der Waals surface area contributed by atoms with Crippen LogP contribution in [0.1, 0.15) is 111 Å². The largest absolute Gasteiger partial charge is 0.392 e. The van der Waals surface area contributed by atoms with Gasteiger partial charge in [0.25, 0.3) is 0 Å². The highest BCUT2D eigenvalue weighted by molar-refractivity contribution is 5.75. The minimum atomic E-state index is -0.450. The average molecular weight is 342 g/mol. The van der Waals surface area contributed by atoms with E-state index in [2.05, 4.69) is 19.2 Å². The Morgan fingerprint density at radius 3 is 1.58 bits per heavy atom. The van der Waals surface area contributed by atoms with Crippen LogP contribution < -0.4 is 5.32 Å². The molecule has 1 atom stereocenters. The summed E-state index contributed by atoms with van der Waals surface area (Å²) < 4.78 is 0. The third kappa shape index (κ3) is 19.5. The highest BCUT2D eigenvalue weighted by Gasteiger charge is 2.02. The van der Waals surface area contributed by atoms with Gasteiger partial charge >= 0.3 is 0 Å². The zero-order chi connectivity index (χ0) is 18.0. The average Bonchev–Trinajstić information content (AvgIpc) is 2.52. The van der Waals surface area contributed by atoms with E-state index in [0.717, 1.165) is 18.8 Å². The van der Waals surface area contributed by atoms with E-state index in [0.29, 0.717) is 13.0 Å². The number of hydrogen-bond acceptors (Lipinski definition) is 2. The summed E-state index contributed by atoms with van der Waals surface area (Å²) in [5, 5.41) is 11.8. The molecule has 0 aliphatic heterocycles. The minimum absolute atomic E-state index is 0.0734. The summed E-state index contributed by atoms with van der Waals surface area (Å²) in [6, 6.07) is 0. The summed E-state index contributed by atoms with van der Waals surface area (Å²) in [4.78, 5) is 11.5. The van der Waals surface area contributed by atoms with E-state index < -0.39 is 6.10 Å². The van der Waals surface area contributed by atoms with Gasteiger partial charge < -0.3 is 10.4 Å². The molecule has 0 spiro atoms. The van der Waals surface area contributed by atoms with Crippen LogP contribution in [0.2, 0.25) is 0 Å². The van der Waals surface area contributed by atoms with Gasteiger partial charge in [-0.1, -0.05) is 90.9 Å². The zero-order valence-electron chi connectivity index (χ0n) is 16.6. The van der Waals surface area contributed by atoms with Gasteiger partial charge in [-0.25, -0.2) is 0 Å². The number of aliphatic hydroxyl groups is 1. The van der Waals surface area contributed by atoms with Crippen LogP contribution in [0, 0.1) is 5.92 Å². The lowest BCUT2D eigenvalue weighted by atomic mass is 10.0. The SMILES string of the molecule is CC(C)CCCCCCCCCCCCCCC(=O)NCC(C)O. The first-order valence-electron chi connectivity index (χ1n) is 10.5. The van der Waals surface area contributed by atoms with E-state index in [1.54, 1.807) is 6.92 Å². The van der Waals surface area contributed by atoms with Crippen LogP contribution in [-0.2, 0) is 4.79 Å². The van der Waals surface area contributed by atoms with E-state index in [9.17, 15) is 4.79 Å². The Kier molecular flexibility index (Phi) is 16.8. The first kappa shape index (κ1) is 23.4. The molecule has 1 amide bonds. The van der Waals surface area contributed by atoms with Gasteiger partial charge in [-0.05, 0) is 19.3 Å². The van der Waals surface area contributed by atoms with Crippen LogP contribution in [0.5, 0.6) is 0 Å². The van der Waals surface area contributed by atoms with Crippen molar-refractivity contribution in [1.29, 1.82) is 0 Å². The third-order valence-corrected chi connectivity index (χ3v) is 4.53. The van der Waals surface area contributed by atoms with Crippen LogP contribution in [0.3, 0.4) is 0 Å². The molecule has 144 valence electrons. The molecule has 0 heterocycles. The molecule has 3 nitrogen and oxygen atoms in total. The second-order valence-corrected chi connectivity index (χ2v) is 7.83. The van der Waals surface area contributed by atoms with Crippen LogP contribution in [0.25, 0.3) is 0 Å². The van der Waals surface area contributed by atoms with E-state index in [-0.39, 0.29) is 5.91 Å².